The Morgan fingerprint density at radius 1 is 1.47 bits per heavy atom. The molecule has 1 saturated heterocycles. The molecule has 0 spiro atoms. The van der Waals surface area contributed by atoms with E-state index in [9.17, 15) is 9.90 Å². The predicted molar refractivity (Wildman–Crippen MR) is 74.9 cm³/mol. The molecule has 1 aromatic rings. The number of hydrogen-bond acceptors (Lipinski definition) is 3. The zero-order valence-corrected chi connectivity index (χ0v) is 11.4. The molecule has 0 aliphatic carbocycles. The van der Waals surface area contributed by atoms with Crippen LogP contribution in [-0.4, -0.2) is 41.7 Å². The predicted octanol–water partition coefficient (Wildman–Crippen LogP) is 1.57. The third-order valence-corrected chi connectivity index (χ3v) is 3.78. The SMILES string of the molecule is CCC(C(=O)O)C1CN(Cc2ccccc2)CCN1. The molecule has 0 saturated carbocycles. The van der Waals surface area contributed by atoms with Gasteiger partial charge in [0.1, 0.15) is 0 Å². The average Bonchev–Trinajstić information content (AvgIpc) is 2.41. The molecule has 2 unspecified atom stereocenters. The summed E-state index contributed by atoms with van der Waals surface area (Å²) in [5, 5.41) is 12.6. The lowest BCUT2D eigenvalue weighted by atomic mass is 9.95. The number of nitrogens with one attached hydrogen (secondary N) is 1. The minimum Gasteiger partial charge on any atom is -0.481 e. The van der Waals surface area contributed by atoms with Crippen molar-refractivity contribution in [3.63, 3.8) is 0 Å². The topological polar surface area (TPSA) is 52.6 Å². The van der Waals surface area contributed by atoms with Crippen LogP contribution in [-0.2, 0) is 11.3 Å². The van der Waals surface area contributed by atoms with E-state index >= 15 is 0 Å². The second-order valence-corrected chi connectivity index (χ2v) is 5.13. The summed E-state index contributed by atoms with van der Waals surface area (Å²) in [6.45, 7) is 5.48. The van der Waals surface area contributed by atoms with Crippen molar-refractivity contribution in [1.29, 1.82) is 0 Å². The molecule has 0 bridgehead atoms. The van der Waals surface area contributed by atoms with Crippen LogP contribution in [0, 0.1) is 5.92 Å². The number of benzene rings is 1. The van der Waals surface area contributed by atoms with Gasteiger partial charge >= 0.3 is 5.97 Å². The third kappa shape index (κ3) is 3.78. The summed E-state index contributed by atoms with van der Waals surface area (Å²) >= 11 is 0. The van der Waals surface area contributed by atoms with Crippen LogP contribution in [0.1, 0.15) is 18.9 Å². The van der Waals surface area contributed by atoms with Crippen molar-refractivity contribution in [2.75, 3.05) is 19.6 Å². The first kappa shape index (κ1) is 14.0. The van der Waals surface area contributed by atoms with Gasteiger partial charge in [-0.05, 0) is 12.0 Å². The van der Waals surface area contributed by atoms with Crippen LogP contribution in [0.2, 0.25) is 0 Å². The molecular formula is C15H22N2O2. The maximum absolute atomic E-state index is 11.2. The second kappa shape index (κ2) is 6.68. The van der Waals surface area contributed by atoms with Crippen LogP contribution in [0.25, 0.3) is 0 Å². The largest absolute Gasteiger partial charge is 0.481 e. The van der Waals surface area contributed by atoms with Gasteiger partial charge in [0.25, 0.3) is 0 Å². The molecule has 4 heteroatoms. The molecule has 104 valence electrons. The Bertz CT molecular complexity index is 408. The lowest BCUT2D eigenvalue weighted by Crippen LogP contribution is -2.54. The Balaban J connectivity index is 1.95. The van der Waals surface area contributed by atoms with E-state index in [1.165, 1.54) is 5.56 Å². The summed E-state index contributed by atoms with van der Waals surface area (Å²) in [4.78, 5) is 13.6. The van der Waals surface area contributed by atoms with Gasteiger partial charge in [0.05, 0.1) is 5.92 Å². The third-order valence-electron chi connectivity index (χ3n) is 3.78. The van der Waals surface area contributed by atoms with Gasteiger partial charge in [-0.1, -0.05) is 37.3 Å². The van der Waals surface area contributed by atoms with E-state index in [-0.39, 0.29) is 12.0 Å². The Labute approximate surface area is 114 Å². The fourth-order valence-corrected chi connectivity index (χ4v) is 2.73. The molecule has 1 fully saturated rings. The minimum absolute atomic E-state index is 0.0555. The molecule has 19 heavy (non-hydrogen) atoms. The Morgan fingerprint density at radius 3 is 2.84 bits per heavy atom. The molecule has 2 rings (SSSR count). The highest BCUT2D eigenvalue weighted by atomic mass is 16.4. The standard InChI is InChI=1S/C15H22N2O2/c1-2-13(15(18)19)14-11-17(9-8-16-14)10-12-6-4-3-5-7-12/h3-7,13-14,16H,2,8-11H2,1H3,(H,18,19). The maximum atomic E-state index is 11.2. The van der Waals surface area contributed by atoms with Crippen molar-refractivity contribution < 1.29 is 9.90 Å². The summed E-state index contributed by atoms with van der Waals surface area (Å²) in [6.07, 6.45) is 0.673. The van der Waals surface area contributed by atoms with Gasteiger partial charge in [0.2, 0.25) is 0 Å². The molecule has 4 nitrogen and oxygen atoms in total. The van der Waals surface area contributed by atoms with E-state index in [1.54, 1.807) is 0 Å². The first-order chi connectivity index (χ1) is 9.20. The monoisotopic (exact) mass is 262 g/mol. The summed E-state index contributed by atoms with van der Waals surface area (Å²) in [5.41, 5.74) is 1.28. The average molecular weight is 262 g/mol. The number of nitrogens with zero attached hydrogens (tertiary/aromatic N) is 1. The van der Waals surface area contributed by atoms with Gasteiger partial charge in [-0.3, -0.25) is 9.69 Å². The van der Waals surface area contributed by atoms with Gasteiger partial charge in [-0.2, -0.15) is 0 Å². The van der Waals surface area contributed by atoms with Gasteiger partial charge in [-0.15, -0.1) is 0 Å². The van der Waals surface area contributed by atoms with E-state index in [0.29, 0.717) is 6.42 Å². The fraction of sp³-hybridized carbons (Fsp3) is 0.533. The smallest absolute Gasteiger partial charge is 0.308 e. The quantitative estimate of drug-likeness (QED) is 0.846. The highest BCUT2D eigenvalue weighted by molar-refractivity contribution is 5.70. The molecule has 1 aromatic carbocycles. The number of rotatable bonds is 5. The molecule has 0 radical (unpaired) electrons. The van der Waals surface area contributed by atoms with Crippen molar-refractivity contribution in [2.24, 2.45) is 5.92 Å². The first-order valence-corrected chi connectivity index (χ1v) is 6.93. The Morgan fingerprint density at radius 2 is 2.21 bits per heavy atom. The number of carboxylic acid groups (broad SMARTS) is 1. The van der Waals surface area contributed by atoms with Gasteiger partial charge in [0.15, 0.2) is 0 Å². The number of aliphatic carboxylic acids is 1. The Kier molecular flexibility index (Phi) is 4.93. The summed E-state index contributed by atoms with van der Waals surface area (Å²) in [7, 11) is 0. The molecular weight excluding hydrogens is 240 g/mol. The van der Waals surface area contributed by atoms with Crippen molar-refractivity contribution in [2.45, 2.75) is 25.9 Å². The molecule has 1 aliphatic heterocycles. The van der Waals surface area contributed by atoms with Gasteiger partial charge < -0.3 is 10.4 Å². The lowest BCUT2D eigenvalue weighted by Gasteiger charge is -2.36. The number of carboxylic acids is 1. The van der Waals surface area contributed by atoms with Crippen LogP contribution in [0.3, 0.4) is 0 Å². The Hall–Kier alpha value is -1.39. The van der Waals surface area contributed by atoms with E-state index in [0.717, 1.165) is 26.2 Å². The molecule has 0 aromatic heterocycles. The van der Waals surface area contributed by atoms with E-state index in [2.05, 4.69) is 22.3 Å². The molecule has 2 atom stereocenters. The number of hydrogen-bond donors (Lipinski definition) is 2. The van der Waals surface area contributed by atoms with Crippen LogP contribution in [0.5, 0.6) is 0 Å². The summed E-state index contributed by atoms with van der Waals surface area (Å²) in [5.74, 6) is -0.986. The molecule has 1 aliphatic rings. The van der Waals surface area contributed by atoms with E-state index in [1.807, 2.05) is 25.1 Å². The second-order valence-electron chi connectivity index (χ2n) is 5.13. The molecule has 1 heterocycles. The first-order valence-electron chi connectivity index (χ1n) is 6.93. The highest BCUT2D eigenvalue weighted by Gasteiger charge is 2.30. The maximum Gasteiger partial charge on any atom is 0.308 e. The zero-order chi connectivity index (χ0) is 13.7. The van der Waals surface area contributed by atoms with Crippen molar-refractivity contribution >= 4 is 5.97 Å². The molecule has 0 amide bonds. The zero-order valence-electron chi connectivity index (χ0n) is 11.4. The van der Waals surface area contributed by atoms with E-state index < -0.39 is 5.97 Å². The summed E-state index contributed by atoms with van der Waals surface area (Å²) in [6, 6.07) is 10.4. The number of piperazine rings is 1. The van der Waals surface area contributed by atoms with Crippen LogP contribution >= 0.6 is 0 Å². The van der Waals surface area contributed by atoms with E-state index in [4.69, 9.17) is 0 Å². The van der Waals surface area contributed by atoms with Crippen molar-refractivity contribution in [1.82, 2.24) is 10.2 Å². The van der Waals surface area contributed by atoms with Crippen LogP contribution in [0.15, 0.2) is 30.3 Å². The lowest BCUT2D eigenvalue weighted by molar-refractivity contribution is -0.143. The minimum atomic E-state index is -0.693. The normalized spacial score (nSPS) is 22.1. The fourth-order valence-electron chi connectivity index (χ4n) is 2.73. The highest BCUT2D eigenvalue weighted by Crippen LogP contribution is 2.15. The van der Waals surface area contributed by atoms with Crippen LogP contribution < -0.4 is 5.32 Å². The van der Waals surface area contributed by atoms with Gasteiger partial charge in [0, 0.05) is 32.2 Å². The van der Waals surface area contributed by atoms with Gasteiger partial charge in [-0.25, -0.2) is 0 Å². The number of carbonyl (C=O) groups is 1. The summed E-state index contributed by atoms with van der Waals surface area (Å²) < 4.78 is 0. The van der Waals surface area contributed by atoms with Crippen molar-refractivity contribution in [3.05, 3.63) is 35.9 Å². The molecule has 2 N–H and O–H groups in total. The van der Waals surface area contributed by atoms with Crippen LogP contribution in [0.4, 0.5) is 0 Å². The van der Waals surface area contributed by atoms with Crippen molar-refractivity contribution in [3.8, 4) is 0 Å².